The molecule has 3 atom stereocenters. The van der Waals surface area contributed by atoms with E-state index < -0.39 is 11.6 Å². The number of carbonyl (C=O) groups excluding carboxylic acids is 2. The topological polar surface area (TPSA) is 59.1 Å². The van der Waals surface area contributed by atoms with Gasteiger partial charge in [-0.05, 0) is 53.3 Å². The summed E-state index contributed by atoms with van der Waals surface area (Å²) in [6, 6.07) is 25.0. The summed E-state index contributed by atoms with van der Waals surface area (Å²) in [7, 11) is 3.27. The maximum atomic E-state index is 14.5. The van der Waals surface area contributed by atoms with E-state index in [-0.39, 0.29) is 23.7 Å². The molecule has 1 aliphatic heterocycles. The average molecular weight is 499 g/mol. The molecule has 1 aliphatic carbocycles. The molecule has 2 amide bonds. The van der Waals surface area contributed by atoms with Crippen LogP contribution < -0.4 is 9.47 Å². The molecule has 37 heavy (non-hydrogen) atoms. The first-order chi connectivity index (χ1) is 17.9. The van der Waals surface area contributed by atoms with Gasteiger partial charge in [0, 0.05) is 19.0 Å². The molecule has 2 fully saturated rings. The second kappa shape index (κ2) is 9.92. The number of hydrogen-bond acceptors (Lipinski definition) is 4. The van der Waals surface area contributed by atoms with E-state index in [0.717, 1.165) is 28.2 Å². The molecule has 5 rings (SSSR count). The maximum Gasteiger partial charge on any atom is 0.250 e. The number of nitrogens with zero attached hydrogens (tertiary/aromatic N) is 2. The van der Waals surface area contributed by atoms with Crippen molar-refractivity contribution in [2.24, 2.45) is 5.92 Å². The molecule has 1 saturated carbocycles. The van der Waals surface area contributed by atoms with E-state index in [1.54, 1.807) is 14.2 Å². The van der Waals surface area contributed by atoms with Crippen molar-refractivity contribution in [2.45, 2.75) is 50.9 Å². The first kappa shape index (κ1) is 24.9. The van der Waals surface area contributed by atoms with E-state index in [0.29, 0.717) is 19.5 Å². The third-order valence-electron chi connectivity index (χ3n) is 7.74. The van der Waals surface area contributed by atoms with Crippen LogP contribution >= 0.6 is 0 Å². The van der Waals surface area contributed by atoms with Gasteiger partial charge >= 0.3 is 0 Å². The molecule has 0 radical (unpaired) electrons. The van der Waals surface area contributed by atoms with Crippen molar-refractivity contribution in [1.82, 2.24) is 9.80 Å². The van der Waals surface area contributed by atoms with Crippen molar-refractivity contribution >= 4 is 11.8 Å². The van der Waals surface area contributed by atoms with Crippen LogP contribution in [0.2, 0.25) is 0 Å². The van der Waals surface area contributed by atoms with Gasteiger partial charge in [0.25, 0.3) is 0 Å². The van der Waals surface area contributed by atoms with E-state index >= 15 is 0 Å². The molecule has 192 valence electrons. The van der Waals surface area contributed by atoms with Gasteiger partial charge in [0.2, 0.25) is 11.8 Å². The number of piperazine rings is 1. The van der Waals surface area contributed by atoms with Gasteiger partial charge in [-0.3, -0.25) is 9.59 Å². The van der Waals surface area contributed by atoms with Crippen LogP contribution in [0.5, 0.6) is 11.5 Å². The Labute approximate surface area is 218 Å². The van der Waals surface area contributed by atoms with Crippen LogP contribution in [0.1, 0.15) is 42.9 Å². The Morgan fingerprint density at radius 1 is 0.811 bits per heavy atom. The lowest BCUT2D eigenvalue weighted by Gasteiger charge is -2.48. The van der Waals surface area contributed by atoms with Crippen LogP contribution in [0.3, 0.4) is 0 Å². The third-order valence-corrected chi connectivity index (χ3v) is 7.74. The molecule has 3 aromatic carbocycles. The SMILES string of the molecule is COc1ccc(CN2C(=O)[C@]3(C[C@@H]3c3ccccc3)N(Cc3ccc(OC)cc3)C(=O)[C@@H]2C(C)C)cc1. The zero-order valence-electron chi connectivity index (χ0n) is 21.9. The first-order valence-electron chi connectivity index (χ1n) is 12.8. The van der Waals surface area contributed by atoms with Crippen molar-refractivity contribution < 1.29 is 19.1 Å². The quantitative estimate of drug-likeness (QED) is 0.437. The van der Waals surface area contributed by atoms with Gasteiger partial charge in [-0.2, -0.15) is 0 Å². The lowest BCUT2D eigenvalue weighted by molar-refractivity contribution is -0.168. The van der Waals surface area contributed by atoms with Crippen LogP contribution in [0.4, 0.5) is 0 Å². The number of methoxy groups -OCH3 is 2. The van der Waals surface area contributed by atoms with Gasteiger partial charge in [0.05, 0.1) is 14.2 Å². The zero-order chi connectivity index (χ0) is 26.2. The molecule has 0 bridgehead atoms. The highest BCUT2D eigenvalue weighted by Crippen LogP contribution is 2.59. The van der Waals surface area contributed by atoms with Gasteiger partial charge < -0.3 is 19.3 Å². The Hall–Kier alpha value is -3.80. The largest absolute Gasteiger partial charge is 0.497 e. The van der Waals surface area contributed by atoms with Gasteiger partial charge in [-0.25, -0.2) is 0 Å². The Morgan fingerprint density at radius 3 is 1.86 bits per heavy atom. The summed E-state index contributed by atoms with van der Waals surface area (Å²) in [5.41, 5.74) is 2.17. The fourth-order valence-electron chi connectivity index (χ4n) is 5.72. The second-order valence-corrected chi connectivity index (χ2v) is 10.3. The van der Waals surface area contributed by atoms with E-state index in [2.05, 4.69) is 12.1 Å². The molecule has 3 aromatic rings. The Morgan fingerprint density at radius 2 is 1.35 bits per heavy atom. The molecule has 1 heterocycles. The van der Waals surface area contributed by atoms with Crippen molar-refractivity contribution in [3.63, 3.8) is 0 Å². The minimum Gasteiger partial charge on any atom is -0.497 e. The molecule has 0 unspecified atom stereocenters. The lowest BCUT2D eigenvalue weighted by Crippen LogP contribution is -2.67. The van der Waals surface area contributed by atoms with E-state index in [9.17, 15) is 9.59 Å². The maximum absolute atomic E-state index is 14.5. The van der Waals surface area contributed by atoms with Crippen LogP contribution in [-0.4, -0.2) is 47.4 Å². The minimum absolute atomic E-state index is 0.0114. The molecule has 1 spiro atoms. The molecule has 6 nitrogen and oxygen atoms in total. The summed E-state index contributed by atoms with van der Waals surface area (Å²) < 4.78 is 10.6. The summed E-state index contributed by atoms with van der Waals surface area (Å²) in [4.78, 5) is 32.4. The Bertz CT molecular complexity index is 1260. The standard InChI is InChI=1S/C31H34N2O4/c1-21(2)28-29(34)33(20-23-12-16-26(37-4)17-13-23)31(18-27(31)24-8-6-5-7-9-24)30(35)32(28)19-22-10-14-25(36-3)15-11-22/h5-17,21,27-28H,18-20H2,1-4H3/t27-,28+,31-/m1/s1. The Balaban J connectivity index is 1.53. The fourth-order valence-corrected chi connectivity index (χ4v) is 5.72. The van der Waals surface area contributed by atoms with Crippen molar-refractivity contribution in [2.75, 3.05) is 14.2 Å². The first-order valence-corrected chi connectivity index (χ1v) is 12.8. The van der Waals surface area contributed by atoms with Crippen LogP contribution in [-0.2, 0) is 22.7 Å². The highest BCUT2D eigenvalue weighted by atomic mass is 16.5. The molecular formula is C31H34N2O4. The van der Waals surface area contributed by atoms with Crippen molar-refractivity contribution in [1.29, 1.82) is 0 Å². The van der Waals surface area contributed by atoms with Gasteiger partial charge in [0.15, 0.2) is 0 Å². The summed E-state index contributed by atoms with van der Waals surface area (Å²) in [6.45, 7) is 4.80. The number of hydrogen-bond donors (Lipinski definition) is 0. The minimum atomic E-state index is -0.879. The van der Waals surface area contributed by atoms with Crippen molar-refractivity contribution in [3.8, 4) is 11.5 Å². The smallest absolute Gasteiger partial charge is 0.250 e. The van der Waals surface area contributed by atoms with E-state index in [4.69, 9.17) is 9.47 Å². The van der Waals surface area contributed by atoms with Crippen LogP contribution in [0.15, 0.2) is 78.9 Å². The van der Waals surface area contributed by atoms with E-state index in [1.807, 2.05) is 90.4 Å². The van der Waals surface area contributed by atoms with E-state index in [1.165, 1.54) is 0 Å². The van der Waals surface area contributed by atoms with Crippen molar-refractivity contribution in [3.05, 3.63) is 95.6 Å². The fraction of sp³-hybridized carbons (Fsp3) is 0.355. The van der Waals surface area contributed by atoms with Gasteiger partial charge in [-0.1, -0.05) is 68.4 Å². The predicted molar refractivity (Wildman–Crippen MR) is 142 cm³/mol. The molecule has 1 saturated heterocycles. The summed E-state index contributed by atoms with van der Waals surface area (Å²) in [5, 5.41) is 0. The summed E-state index contributed by atoms with van der Waals surface area (Å²) in [5.74, 6) is 1.51. The number of ether oxygens (including phenoxy) is 2. The summed E-state index contributed by atoms with van der Waals surface area (Å²) >= 11 is 0. The lowest BCUT2D eigenvalue weighted by atomic mass is 9.91. The normalized spacial score (nSPS) is 23.1. The monoisotopic (exact) mass is 498 g/mol. The van der Waals surface area contributed by atoms with Gasteiger partial charge in [0.1, 0.15) is 23.1 Å². The molecular weight excluding hydrogens is 464 g/mol. The molecule has 2 aliphatic rings. The number of rotatable bonds is 8. The summed E-state index contributed by atoms with van der Waals surface area (Å²) in [6.07, 6.45) is 0.627. The average Bonchev–Trinajstić information content (AvgIpc) is 3.67. The number of benzene rings is 3. The van der Waals surface area contributed by atoms with Crippen LogP contribution in [0.25, 0.3) is 0 Å². The third kappa shape index (κ3) is 4.45. The highest BCUT2D eigenvalue weighted by Gasteiger charge is 2.70. The van der Waals surface area contributed by atoms with Crippen LogP contribution in [0, 0.1) is 5.92 Å². The molecule has 0 N–H and O–H groups in total. The second-order valence-electron chi connectivity index (χ2n) is 10.3. The predicted octanol–water partition coefficient (Wildman–Crippen LogP) is 5.03. The Kier molecular flexibility index (Phi) is 6.67. The zero-order valence-corrected chi connectivity index (χ0v) is 21.9. The molecule has 0 aromatic heterocycles. The highest BCUT2D eigenvalue weighted by molar-refractivity contribution is 6.03. The number of carbonyl (C=O) groups is 2. The number of amides is 2. The van der Waals surface area contributed by atoms with Gasteiger partial charge in [-0.15, -0.1) is 0 Å². The molecule has 6 heteroatoms.